The van der Waals surface area contributed by atoms with Crippen LogP contribution in [0.4, 0.5) is 0 Å². The van der Waals surface area contributed by atoms with Gasteiger partial charge in [0.2, 0.25) is 0 Å². The molecular weight excluding hydrogens is 152 g/mol. The quantitative estimate of drug-likeness (QED) is 0.480. The van der Waals surface area contributed by atoms with Crippen molar-refractivity contribution in [2.24, 2.45) is 0 Å². The van der Waals surface area contributed by atoms with Crippen molar-refractivity contribution < 1.29 is 9.90 Å². The van der Waals surface area contributed by atoms with Crippen molar-refractivity contribution in [2.75, 3.05) is 0 Å². The Kier molecular flexibility index (Phi) is 3.09. The van der Waals surface area contributed by atoms with Crippen LogP contribution in [0, 0.1) is 0 Å². The Balaban J connectivity index is 2.82. The molecular formula is C10H14O2. The van der Waals surface area contributed by atoms with Crippen LogP contribution in [0.15, 0.2) is 23.5 Å². The molecule has 2 nitrogen and oxygen atoms in total. The summed E-state index contributed by atoms with van der Waals surface area (Å²) in [5, 5.41) is 9.42. The monoisotopic (exact) mass is 166 g/mol. The highest BCUT2D eigenvalue weighted by atomic mass is 16.3. The second kappa shape index (κ2) is 4.10. The summed E-state index contributed by atoms with van der Waals surface area (Å²) in [4.78, 5) is 11.3. The van der Waals surface area contributed by atoms with Gasteiger partial charge in [-0.15, -0.1) is 0 Å². The molecule has 0 unspecified atom stereocenters. The van der Waals surface area contributed by atoms with Crippen molar-refractivity contribution in [3.63, 3.8) is 0 Å². The summed E-state index contributed by atoms with van der Waals surface area (Å²) in [6, 6.07) is 0. The Bertz CT molecular complexity index is 236. The van der Waals surface area contributed by atoms with Crippen LogP contribution < -0.4 is 0 Å². The van der Waals surface area contributed by atoms with Crippen molar-refractivity contribution in [1.29, 1.82) is 0 Å². The number of allylic oxidation sites excluding steroid dienone is 3. The number of aliphatic hydroxyl groups is 1. The Morgan fingerprint density at radius 1 is 1.42 bits per heavy atom. The number of hydrogen-bond donors (Lipinski definition) is 1. The first-order valence-electron chi connectivity index (χ1n) is 4.33. The normalized spacial score (nSPS) is 23.2. The highest BCUT2D eigenvalue weighted by molar-refractivity contribution is 5.96. The molecule has 0 spiro atoms. The van der Waals surface area contributed by atoms with Crippen molar-refractivity contribution in [2.45, 2.75) is 32.6 Å². The van der Waals surface area contributed by atoms with Gasteiger partial charge in [-0.05, 0) is 32.3 Å². The van der Waals surface area contributed by atoms with Crippen molar-refractivity contribution in [1.82, 2.24) is 0 Å². The second-order valence-electron chi connectivity index (χ2n) is 2.99. The molecule has 0 radical (unpaired) electrons. The van der Waals surface area contributed by atoms with E-state index in [4.69, 9.17) is 0 Å². The highest BCUT2D eigenvalue weighted by Crippen LogP contribution is 2.22. The molecule has 0 aliphatic heterocycles. The first kappa shape index (κ1) is 9.04. The summed E-state index contributed by atoms with van der Waals surface area (Å²) in [6.07, 6.45) is 6.63. The predicted molar refractivity (Wildman–Crippen MR) is 47.9 cm³/mol. The van der Waals surface area contributed by atoms with E-state index in [0.29, 0.717) is 12.0 Å². The molecule has 12 heavy (non-hydrogen) atoms. The summed E-state index contributed by atoms with van der Waals surface area (Å²) >= 11 is 0. The van der Waals surface area contributed by atoms with Crippen LogP contribution in [0.25, 0.3) is 0 Å². The van der Waals surface area contributed by atoms with E-state index < -0.39 is 0 Å². The molecule has 1 saturated carbocycles. The lowest BCUT2D eigenvalue weighted by molar-refractivity contribution is -0.116. The van der Waals surface area contributed by atoms with Crippen LogP contribution >= 0.6 is 0 Å². The molecule has 66 valence electrons. The van der Waals surface area contributed by atoms with Gasteiger partial charge in [0.1, 0.15) is 5.76 Å². The first-order valence-corrected chi connectivity index (χ1v) is 4.33. The van der Waals surface area contributed by atoms with E-state index in [1.807, 2.05) is 6.92 Å². The molecule has 1 rings (SSSR count). The Morgan fingerprint density at radius 3 is 2.67 bits per heavy atom. The number of carbonyl (C=O) groups is 1. The molecule has 1 fully saturated rings. The maximum atomic E-state index is 11.3. The average Bonchev–Trinajstić information content (AvgIpc) is 2.05. The zero-order chi connectivity index (χ0) is 8.97. The van der Waals surface area contributed by atoms with E-state index >= 15 is 0 Å². The SMILES string of the molecule is C/C=C/C(O)=C1/CCCCC1=O. The number of Topliss-reactive ketones (excluding diaryl/α,β-unsaturated/α-hetero) is 1. The summed E-state index contributed by atoms with van der Waals surface area (Å²) in [5.74, 6) is 0.263. The van der Waals surface area contributed by atoms with Crippen LogP contribution in [-0.4, -0.2) is 10.9 Å². The van der Waals surface area contributed by atoms with Gasteiger partial charge >= 0.3 is 0 Å². The fourth-order valence-corrected chi connectivity index (χ4v) is 1.41. The van der Waals surface area contributed by atoms with Crippen LogP contribution in [0.5, 0.6) is 0 Å². The van der Waals surface area contributed by atoms with Gasteiger partial charge in [0.05, 0.1) is 0 Å². The molecule has 1 N–H and O–H groups in total. The summed E-state index contributed by atoms with van der Waals surface area (Å²) in [6.45, 7) is 1.82. The average molecular weight is 166 g/mol. The van der Waals surface area contributed by atoms with Gasteiger partial charge in [-0.3, -0.25) is 4.79 Å². The minimum Gasteiger partial charge on any atom is -0.508 e. The van der Waals surface area contributed by atoms with E-state index in [9.17, 15) is 9.90 Å². The number of hydrogen-bond acceptors (Lipinski definition) is 2. The van der Waals surface area contributed by atoms with E-state index in [-0.39, 0.29) is 11.5 Å². The van der Waals surface area contributed by atoms with E-state index in [2.05, 4.69) is 0 Å². The largest absolute Gasteiger partial charge is 0.508 e. The molecule has 0 amide bonds. The fraction of sp³-hybridized carbons (Fsp3) is 0.500. The number of rotatable bonds is 1. The lowest BCUT2D eigenvalue weighted by atomic mass is 9.92. The van der Waals surface area contributed by atoms with Crippen molar-refractivity contribution >= 4 is 5.78 Å². The molecule has 1 aliphatic rings. The topological polar surface area (TPSA) is 37.3 Å². The fourth-order valence-electron chi connectivity index (χ4n) is 1.41. The van der Waals surface area contributed by atoms with Crippen LogP contribution in [-0.2, 0) is 4.79 Å². The van der Waals surface area contributed by atoms with Gasteiger partial charge in [-0.25, -0.2) is 0 Å². The zero-order valence-electron chi connectivity index (χ0n) is 7.34. The molecule has 0 aromatic heterocycles. The van der Waals surface area contributed by atoms with E-state index in [1.54, 1.807) is 12.2 Å². The molecule has 2 heteroatoms. The van der Waals surface area contributed by atoms with Crippen molar-refractivity contribution in [3.05, 3.63) is 23.5 Å². The third-order valence-corrected chi connectivity index (χ3v) is 2.05. The van der Waals surface area contributed by atoms with Gasteiger partial charge in [0.15, 0.2) is 5.78 Å². The van der Waals surface area contributed by atoms with Crippen LogP contribution in [0.1, 0.15) is 32.6 Å². The minimum absolute atomic E-state index is 0.108. The Labute approximate surface area is 72.6 Å². The minimum atomic E-state index is 0.108. The second-order valence-corrected chi connectivity index (χ2v) is 2.99. The van der Waals surface area contributed by atoms with Gasteiger partial charge in [0.25, 0.3) is 0 Å². The third kappa shape index (κ3) is 1.97. The molecule has 1 aliphatic carbocycles. The van der Waals surface area contributed by atoms with E-state index in [0.717, 1.165) is 19.3 Å². The Hall–Kier alpha value is -1.05. The van der Waals surface area contributed by atoms with Gasteiger partial charge in [-0.1, -0.05) is 6.08 Å². The third-order valence-electron chi connectivity index (χ3n) is 2.05. The van der Waals surface area contributed by atoms with Crippen molar-refractivity contribution in [3.8, 4) is 0 Å². The molecule has 0 aromatic rings. The molecule has 0 aromatic carbocycles. The Morgan fingerprint density at radius 2 is 2.08 bits per heavy atom. The summed E-state index contributed by atoms with van der Waals surface area (Å²) < 4.78 is 0. The van der Waals surface area contributed by atoms with Gasteiger partial charge < -0.3 is 5.11 Å². The maximum absolute atomic E-state index is 11.3. The van der Waals surface area contributed by atoms with Crippen LogP contribution in [0.3, 0.4) is 0 Å². The first-order chi connectivity index (χ1) is 5.75. The highest BCUT2D eigenvalue weighted by Gasteiger charge is 2.17. The maximum Gasteiger partial charge on any atom is 0.162 e. The number of ketones is 1. The van der Waals surface area contributed by atoms with Gasteiger partial charge in [0, 0.05) is 12.0 Å². The number of carbonyl (C=O) groups excluding carboxylic acids is 1. The summed E-state index contributed by atoms with van der Waals surface area (Å²) in [5.41, 5.74) is 0.611. The van der Waals surface area contributed by atoms with Crippen LogP contribution in [0.2, 0.25) is 0 Å². The molecule has 0 atom stereocenters. The molecule has 0 heterocycles. The van der Waals surface area contributed by atoms with E-state index in [1.165, 1.54) is 0 Å². The predicted octanol–water partition coefficient (Wildman–Crippen LogP) is 2.52. The standard InChI is InChI=1S/C10H14O2/c1-2-5-9(11)8-6-3-4-7-10(8)12/h2,5,11H,3-4,6-7H2,1H3/b5-2+,9-8+. The number of aliphatic hydroxyl groups excluding tert-OH is 1. The summed E-state index contributed by atoms with van der Waals surface area (Å²) in [7, 11) is 0. The molecule has 0 saturated heterocycles. The van der Waals surface area contributed by atoms with Gasteiger partial charge in [-0.2, -0.15) is 0 Å². The lowest BCUT2D eigenvalue weighted by Gasteiger charge is -2.12. The lowest BCUT2D eigenvalue weighted by Crippen LogP contribution is -2.10. The smallest absolute Gasteiger partial charge is 0.162 e. The zero-order valence-corrected chi connectivity index (χ0v) is 7.34. The molecule has 0 bridgehead atoms.